The van der Waals surface area contributed by atoms with E-state index in [0.29, 0.717) is 12.1 Å². The smallest absolute Gasteiger partial charge is 0.264 e. The molecule has 1 heterocycles. The number of hydrogen-bond acceptors (Lipinski definition) is 3. The number of nitrogens with one attached hydrogen (secondary N) is 2. The second-order valence-electron chi connectivity index (χ2n) is 1.50. The molecule has 0 aromatic rings. The molecular formula is C4H7N3O. The van der Waals surface area contributed by atoms with Crippen molar-refractivity contribution in [2.75, 3.05) is 6.54 Å². The molecule has 1 rings (SSSR count). The summed E-state index contributed by atoms with van der Waals surface area (Å²) in [6.45, 7) is 0.523. The molecule has 1 fully saturated rings. The SMILES string of the molecule is NC=C1CNNC1=O. The highest BCUT2D eigenvalue weighted by atomic mass is 16.2. The Labute approximate surface area is 46.7 Å². The quantitative estimate of drug-likeness (QED) is 0.334. The van der Waals surface area contributed by atoms with Crippen LogP contribution in [0.4, 0.5) is 0 Å². The molecule has 0 radical (unpaired) electrons. The van der Waals surface area contributed by atoms with Crippen LogP contribution in [-0.2, 0) is 4.79 Å². The molecule has 1 aliphatic rings. The summed E-state index contributed by atoms with van der Waals surface area (Å²) in [5.74, 6) is -0.132. The molecule has 8 heavy (non-hydrogen) atoms. The van der Waals surface area contributed by atoms with Crippen LogP contribution in [-0.4, -0.2) is 12.5 Å². The summed E-state index contributed by atoms with van der Waals surface area (Å²) in [6, 6.07) is 0. The second kappa shape index (κ2) is 1.83. The van der Waals surface area contributed by atoms with Crippen molar-refractivity contribution in [1.82, 2.24) is 10.9 Å². The van der Waals surface area contributed by atoms with Crippen molar-refractivity contribution in [3.05, 3.63) is 11.8 Å². The van der Waals surface area contributed by atoms with E-state index in [2.05, 4.69) is 10.9 Å². The van der Waals surface area contributed by atoms with Crippen molar-refractivity contribution in [1.29, 1.82) is 0 Å². The lowest BCUT2D eigenvalue weighted by Crippen LogP contribution is -2.25. The van der Waals surface area contributed by atoms with E-state index in [-0.39, 0.29) is 5.91 Å². The molecule has 4 N–H and O–H groups in total. The first-order valence-corrected chi connectivity index (χ1v) is 2.28. The minimum atomic E-state index is -0.132. The molecule has 4 heteroatoms. The van der Waals surface area contributed by atoms with E-state index in [1.807, 2.05) is 0 Å². The van der Waals surface area contributed by atoms with Crippen LogP contribution in [0.25, 0.3) is 0 Å². The summed E-state index contributed by atoms with van der Waals surface area (Å²) in [5, 5.41) is 0. The first-order chi connectivity index (χ1) is 3.84. The van der Waals surface area contributed by atoms with Gasteiger partial charge in [-0.2, -0.15) is 0 Å². The Hall–Kier alpha value is -1.03. The van der Waals surface area contributed by atoms with E-state index < -0.39 is 0 Å². The third kappa shape index (κ3) is 0.651. The third-order valence-corrected chi connectivity index (χ3v) is 0.974. The molecule has 4 nitrogen and oxygen atoms in total. The van der Waals surface area contributed by atoms with Gasteiger partial charge in [0, 0.05) is 18.3 Å². The van der Waals surface area contributed by atoms with Gasteiger partial charge in [0.15, 0.2) is 0 Å². The van der Waals surface area contributed by atoms with Gasteiger partial charge in [0.2, 0.25) is 0 Å². The molecule has 0 bridgehead atoms. The van der Waals surface area contributed by atoms with Gasteiger partial charge in [-0.15, -0.1) is 0 Å². The number of nitrogens with two attached hydrogens (primary N) is 1. The Balaban J connectivity index is 2.69. The van der Waals surface area contributed by atoms with E-state index in [1.54, 1.807) is 0 Å². The lowest BCUT2D eigenvalue weighted by molar-refractivity contribution is -0.116. The fourth-order valence-corrected chi connectivity index (χ4v) is 0.515. The van der Waals surface area contributed by atoms with Gasteiger partial charge in [-0.3, -0.25) is 10.2 Å². The van der Waals surface area contributed by atoms with Crippen LogP contribution in [0.5, 0.6) is 0 Å². The highest BCUT2D eigenvalue weighted by molar-refractivity contribution is 5.95. The molecule has 44 valence electrons. The van der Waals surface area contributed by atoms with E-state index in [9.17, 15) is 4.79 Å². The van der Waals surface area contributed by atoms with Gasteiger partial charge >= 0.3 is 0 Å². The van der Waals surface area contributed by atoms with Crippen LogP contribution in [0.15, 0.2) is 11.8 Å². The predicted octanol–water partition coefficient (Wildman–Crippen LogP) is -1.54. The Morgan fingerprint density at radius 3 is 2.75 bits per heavy atom. The Bertz CT molecular complexity index is 140. The number of hydrogen-bond donors (Lipinski definition) is 3. The summed E-state index contributed by atoms with van der Waals surface area (Å²) in [5.41, 5.74) is 10.7. The average molecular weight is 113 g/mol. The maximum Gasteiger partial charge on any atom is 0.264 e. The van der Waals surface area contributed by atoms with E-state index in [1.165, 1.54) is 6.20 Å². The number of amides is 1. The van der Waals surface area contributed by atoms with Gasteiger partial charge in [-0.1, -0.05) is 0 Å². The zero-order valence-electron chi connectivity index (χ0n) is 4.27. The Morgan fingerprint density at radius 1 is 1.75 bits per heavy atom. The molecule has 1 aliphatic heterocycles. The van der Waals surface area contributed by atoms with Gasteiger partial charge in [-0.05, 0) is 0 Å². The number of hydrazine groups is 1. The maximum absolute atomic E-state index is 10.5. The molecule has 0 spiro atoms. The monoisotopic (exact) mass is 113 g/mol. The number of carbonyl (C=O) groups is 1. The first-order valence-electron chi connectivity index (χ1n) is 2.28. The van der Waals surface area contributed by atoms with Crippen LogP contribution in [0.1, 0.15) is 0 Å². The van der Waals surface area contributed by atoms with Crippen LogP contribution in [0.2, 0.25) is 0 Å². The van der Waals surface area contributed by atoms with E-state index in [4.69, 9.17) is 5.73 Å². The molecular weight excluding hydrogens is 106 g/mol. The third-order valence-electron chi connectivity index (χ3n) is 0.974. The minimum absolute atomic E-state index is 0.132. The maximum atomic E-state index is 10.5. The molecule has 0 atom stereocenters. The summed E-state index contributed by atoms with van der Waals surface area (Å²) in [4.78, 5) is 10.5. The minimum Gasteiger partial charge on any atom is -0.404 e. The number of carbonyl (C=O) groups excluding carboxylic acids is 1. The fourth-order valence-electron chi connectivity index (χ4n) is 0.515. The lowest BCUT2D eigenvalue weighted by atomic mass is 10.3. The van der Waals surface area contributed by atoms with Gasteiger partial charge in [0.05, 0.1) is 0 Å². The van der Waals surface area contributed by atoms with Crippen molar-refractivity contribution in [3.8, 4) is 0 Å². The second-order valence-corrected chi connectivity index (χ2v) is 1.50. The first kappa shape index (κ1) is 5.11. The van der Waals surface area contributed by atoms with Crippen LogP contribution >= 0.6 is 0 Å². The summed E-state index contributed by atoms with van der Waals surface area (Å²) in [7, 11) is 0. The molecule has 0 aromatic heterocycles. The van der Waals surface area contributed by atoms with Gasteiger partial charge < -0.3 is 5.73 Å². The molecule has 0 unspecified atom stereocenters. The van der Waals surface area contributed by atoms with Crippen LogP contribution < -0.4 is 16.6 Å². The van der Waals surface area contributed by atoms with Gasteiger partial charge in [0.1, 0.15) is 0 Å². The molecule has 1 amide bonds. The molecule has 0 aromatic carbocycles. The van der Waals surface area contributed by atoms with E-state index >= 15 is 0 Å². The van der Waals surface area contributed by atoms with Crippen molar-refractivity contribution in [2.45, 2.75) is 0 Å². The average Bonchev–Trinajstić information content (AvgIpc) is 2.14. The molecule has 0 saturated carbocycles. The molecule has 0 aliphatic carbocycles. The summed E-state index contributed by atoms with van der Waals surface area (Å²) in [6.07, 6.45) is 1.30. The Kier molecular flexibility index (Phi) is 1.17. The van der Waals surface area contributed by atoms with Crippen molar-refractivity contribution < 1.29 is 4.79 Å². The predicted molar refractivity (Wildman–Crippen MR) is 28.4 cm³/mol. The summed E-state index contributed by atoms with van der Waals surface area (Å²) >= 11 is 0. The largest absolute Gasteiger partial charge is 0.404 e. The normalized spacial score (nSPS) is 24.0. The van der Waals surface area contributed by atoms with Crippen LogP contribution in [0.3, 0.4) is 0 Å². The van der Waals surface area contributed by atoms with E-state index in [0.717, 1.165) is 0 Å². The lowest BCUT2D eigenvalue weighted by Gasteiger charge is -1.83. The van der Waals surface area contributed by atoms with Crippen molar-refractivity contribution >= 4 is 5.91 Å². The van der Waals surface area contributed by atoms with Gasteiger partial charge in [0.25, 0.3) is 5.91 Å². The highest BCUT2D eigenvalue weighted by Gasteiger charge is 2.13. The van der Waals surface area contributed by atoms with Crippen LogP contribution in [0, 0.1) is 0 Å². The summed E-state index contributed by atoms with van der Waals surface area (Å²) < 4.78 is 0. The number of rotatable bonds is 0. The topological polar surface area (TPSA) is 67.2 Å². The Morgan fingerprint density at radius 2 is 2.50 bits per heavy atom. The van der Waals surface area contributed by atoms with Crippen molar-refractivity contribution in [3.63, 3.8) is 0 Å². The van der Waals surface area contributed by atoms with Gasteiger partial charge in [-0.25, -0.2) is 5.43 Å². The zero-order chi connectivity index (χ0) is 5.98. The fraction of sp³-hybridized carbons (Fsp3) is 0.250. The molecule has 1 saturated heterocycles. The highest BCUT2D eigenvalue weighted by Crippen LogP contribution is 1.92. The zero-order valence-corrected chi connectivity index (χ0v) is 4.27. The van der Waals surface area contributed by atoms with Crippen molar-refractivity contribution in [2.24, 2.45) is 5.73 Å². The standard InChI is InChI=1S/C4H7N3O/c5-1-3-2-6-7-4(3)8/h1,6H,2,5H2,(H,7,8).